The minimum Gasteiger partial charge on any atom is -0.394 e. The molecule has 19 heavy (non-hydrogen) atoms. The van der Waals surface area contributed by atoms with E-state index in [1.54, 1.807) is 23.1 Å². The van der Waals surface area contributed by atoms with E-state index in [-0.39, 0.29) is 12.1 Å². The second-order valence-electron chi connectivity index (χ2n) is 4.88. The number of thioether (sulfide) groups is 1. The number of benzene rings is 1. The quantitative estimate of drug-likeness (QED) is 0.771. The summed E-state index contributed by atoms with van der Waals surface area (Å²) in [6, 6.07) is 8.18. The Bertz CT molecular complexity index is 496. The van der Waals surface area contributed by atoms with Gasteiger partial charge < -0.3 is 10.4 Å². The minimum atomic E-state index is -0.238. The molecule has 0 aliphatic heterocycles. The van der Waals surface area contributed by atoms with Crippen LogP contribution in [-0.4, -0.2) is 34.5 Å². The molecule has 1 aromatic carbocycles. The number of hydrogen-bond acceptors (Lipinski definition) is 5. The summed E-state index contributed by atoms with van der Waals surface area (Å²) in [6.45, 7) is 5.26. The van der Waals surface area contributed by atoms with Gasteiger partial charge in [-0.3, -0.25) is 0 Å². The van der Waals surface area contributed by atoms with Gasteiger partial charge in [-0.15, -0.1) is 11.3 Å². The Morgan fingerprint density at radius 3 is 2.89 bits per heavy atom. The number of nitrogens with one attached hydrogen (secondary N) is 1. The average Bonchev–Trinajstić information content (AvgIpc) is 2.86. The largest absolute Gasteiger partial charge is 0.394 e. The fourth-order valence-corrected chi connectivity index (χ4v) is 3.89. The Morgan fingerprint density at radius 1 is 1.42 bits per heavy atom. The molecule has 5 heteroatoms. The van der Waals surface area contributed by atoms with E-state index in [9.17, 15) is 5.11 Å². The maximum atomic E-state index is 9.54. The van der Waals surface area contributed by atoms with Crippen LogP contribution in [0.4, 0.5) is 0 Å². The number of thiazole rings is 1. The van der Waals surface area contributed by atoms with E-state index in [1.807, 2.05) is 18.2 Å². The number of nitrogens with zero attached hydrogens (tertiary/aromatic N) is 1. The van der Waals surface area contributed by atoms with Crippen molar-refractivity contribution in [3.8, 4) is 0 Å². The fraction of sp³-hybridized carbons (Fsp3) is 0.500. The summed E-state index contributed by atoms with van der Waals surface area (Å²) in [5.41, 5.74) is 0.820. The minimum absolute atomic E-state index is 0.144. The van der Waals surface area contributed by atoms with E-state index < -0.39 is 0 Å². The lowest BCUT2D eigenvalue weighted by Gasteiger charge is -2.27. The molecule has 0 fully saturated rings. The Morgan fingerprint density at radius 2 is 2.21 bits per heavy atom. The molecule has 0 aliphatic rings. The van der Waals surface area contributed by atoms with Crippen LogP contribution in [0.15, 0.2) is 28.6 Å². The summed E-state index contributed by atoms with van der Waals surface area (Å²) < 4.78 is 2.29. The summed E-state index contributed by atoms with van der Waals surface area (Å²) in [7, 11) is 0. The number of aliphatic hydroxyl groups is 1. The zero-order valence-corrected chi connectivity index (χ0v) is 13.0. The highest BCUT2D eigenvalue weighted by atomic mass is 32.2. The van der Waals surface area contributed by atoms with Crippen LogP contribution < -0.4 is 5.32 Å². The number of fused-ring (bicyclic) bond motifs is 1. The summed E-state index contributed by atoms with van der Waals surface area (Å²) in [4.78, 5) is 4.60. The van der Waals surface area contributed by atoms with Gasteiger partial charge in [0.2, 0.25) is 0 Å². The molecule has 0 saturated heterocycles. The van der Waals surface area contributed by atoms with Crippen molar-refractivity contribution < 1.29 is 5.11 Å². The van der Waals surface area contributed by atoms with Crippen molar-refractivity contribution in [3.05, 3.63) is 24.3 Å². The van der Waals surface area contributed by atoms with E-state index in [1.165, 1.54) is 4.70 Å². The van der Waals surface area contributed by atoms with Gasteiger partial charge in [-0.05, 0) is 32.0 Å². The first-order valence-electron chi connectivity index (χ1n) is 6.51. The molecule has 0 radical (unpaired) electrons. The lowest BCUT2D eigenvalue weighted by Crippen LogP contribution is -2.48. The van der Waals surface area contributed by atoms with Crippen molar-refractivity contribution in [2.75, 3.05) is 18.9 Å². The van der Waals surface area contributed by atoms with Crippen molar-refractivity contribution in [3.63, 3.8) is 0 Å². The van der Waals surface area contributed by atoms with Crippen molar-refractivity contribution >= 4 is 33.3 Å². The standard InChI is InChI=1S/C14H20N2OS2/c1-3-8-15-14(2,9-17)10-18-13-16-11-6-4-5-7-12(11)19-13/h4-7,15,17H,3,8-10H2,1-2H3. The van der Waals surface area contributed by atoms with Crippen LogP contribution in [0, 0.1) is 0 Å². The Hall–Kier alpha value is -0.620. The molecule has 104 valence electrons. The number of para-hydroxylation sites is 1. The van der Waals surface area contributed by atoms with Gasteiger partial charge in [0, 0.05) is 11.3 Å². The van der Waals surface area contributed by atoms with E-state index in [2.05, 4.69) is 30.2 Å². The molecule has 0 spiro atoms. The summed E-state index contributed by atoms with van der Waals surface area (Å²) >= 11 is 3.43. The van der Waals surface area contributed by atoms with E-state index in [0.29, 0.717) is 0 Å². The Labute approximate surface area is 122 Å². The maximum absolute atomic E-state index is 9.54. The van der Waals surface area contributed by atoms with Crippen LogP contribution in [-0.2, 0) is 0 Å². The number of aliphatic hydroxyl groups excluding tert-OH is 1. The third-order valence-corrected chi connectivity index (χ3v) is 5.49. The topological polar surface area (TPSA) is 45.1 Å². The highest BCUT2D eigenvalue weighted by molar-refractivity contribution is 8.01. The highest BCUT2D eigenvalue weighted by Crippen LogP contribution is 2.31. The molecule has 1 unspecified atom stereocenters. The van der Waals surface area contributed by atoms with Crippen LogP contribution in [0.25, 0.3) is 10.2 Å². The zero-order valence-electron chi connectivity index (χ0n) is 11.3. The monoisotopic (exact) mass is 296 g/mol. The van der Waals surface area contributed by atoms with Crippen LogP contribution in [0.1, 0.15) is 20.3 Å². The first-order valence-corrected chi connectivity index (χ1v) is 8.31. The van der Waals surface area contributed by atoms with Gasteiger partial charge in [-0.1, -0.05) is 30.8 Å². The van der Waals surface area contributed by atoms with Gasteiger partial charge in [0.05, 0.1) is 16.8 Å². The SMILES string of the molecule is CCCNC(C)(CO)CSc1nc2ccccc2s1. The molecular formula is C14H20N2OS2. The third-order valence-electron chi connectivity index (χ3n) is 2.94. The van der Waals surface area contributed by atoms with E-state index >= 15 is 0 Å². The van der Waals surface area contributed by atoms with Gasteiger partial charge in [0.1, 0.15) is 0 Å². The number of hydrogen-bond donors (Lipinski definition) is 2. The maximum Gasteiger partial charge on any atom is 0.151 e. The van der Waals surface area contributed by atoms with E-state index in [0.717, 1.165) is 28.6 Å². The molecule has 0 bridgehead atoms. The predicted octanol–water partition coefficient (Wildman–Crippen LogP) is 3.14. The third kappa shape index (κ3) is 3.92. The van der Waals surface area contributed by atoms with Crippen LogP contribution >= 0.6 is 23.1 Å². The van der Waals surface area contributed by atoms with Crippen molar-refractivity contribution in [2.24, 2.45) is 0 Å². The van der Waals surface area contributed by atoms with Crippen molar-refractivity contribution in [1.82, 2.24) is 10.3 Å². The molecule has 3 nitrogen and oxygen atoms in total. The second-order valence-corrected chi connectivity index (χ2v) is 7.13. The average molecular weight is 296 g/mol. The van der Waals surface area contributed by atoms with Crippen LogP contribution in [0.3, 0.4) is 0 Å². The highest BCUT2D eigenvalue weighted by Gasteiger charge is 2.23. The number of rotatable bonds is 7. The van der Waals surface area contributed by atoms with Gasteiger partial charge in [0.25, 0.3) is 0 Å². The first-order chi connectivity index (χ1) is 9.17. The molecular weight excluding hydrogens is 276 g/mol. The molecule has 2 N–H and O–H groups in total. The summed E-state index contributed by atoms with van der Waals surface area (Å²) in [5.74, 6) is 0.823. The molecule has 2 aromatic rings. The second kappa shape index (κ2) is 6.70. The molecule has 0 amide bonds. The molecule has 0 aliphatic carbocycles. The molecule has 1 heterocycles. The predicted molar refractivity (Wildman–Crippen MR) is 84.1 cm³/mol. The Balaban J connectivity index is 2.00. The molecule has 1 atom stereocenters. The number of aromatic nitrogens is 1. The van der Waals surface area contributed by atoms with Gasteiger partial charge in [-0.2, -0.15) is 0 Å². The van der Waals surface area contributed by atoms with Crippen LogP contribution in [0.2, 0.25) is 0 Å². The molecule has 2 rings (SSSR count). The van der Waals surface area contributed by atoms with Gasteiger partial charge in [-0.25, -0.2) is 4.98 Å². The zero-order chi connectivity index (χ0) is 13.7. The molecule has 1 aromatic heterocycles. The fourth-order valence-electron chi connectivity index (χ4n) is 1.71. The lowest BCUT2D eigenvalue weighted by molar-refractivity contribution is 0.192. The lowest BCUT2D eigenvalue weighted by atomic mass is 10.1. The summed E-state index contributed by atoms with van der Waals surface area (Å²) in [5, 5.41) is 12.9. The van der Waals surface area contributed by atoms with Gasteiger partial charge in [0.15, 0.2) is 4.34 Å². The Kier molecular flexibility index (Phi) is 5.21. The normalized spacial score (nSPS) is 14.7. The smallest absolute Gasteiger partial charge is 0.151 e. The molecule has 0 saturated carbocycles. The van der Waals surface area contributed by atoms with Crippen LogP contribution in [0.5, 0.6) is 0 Å². The van der Waals surface area contributed by atoms with Crippen molar-refractivity contribution in [2.45, 2.75) is 30.1 Å². The van der Waals surface area contributed by atoms with Crippen molar-refractivity contribution in [1.29, 1.82) is 0 Å². The van der Waals surface area contributed by atoms with Gasteiger partial charge >= 0.3 is 0 Å². The summed E-state index contributed by atoms with van der Waals surface area (Å²) in [6.07, 6.45) is 1.07. The first kappa shape index (κ1) is 14.8. The van der Waals surface area contributed by atoms with E-state index in [4.69, 9.17) is 0 Å².